The molecule has 0 aromatic rings. The zero-order valence-electron chi connectivity index (χ0n) is 41.4. The van der Waals surface area contributed by atoms with Gasteiger partial charge in [-0.3, -0.25) is 14.4 Å². The summed E-state index contributed by atoms with van der Waals surface area (Å²) in [5.74, 6) is -0.890. The number of hydrogen-bond donors (Lipinski definition) is 0. The minimum atomic E-state index is -0.777. The lowest BCUT2D eigenvalue weighted by Gasteiger charge is -2.18. The van der Waals surface area contributed by atoms with Crippen molar-refractivity contribution in [1.29, 1.82) is 0 Å². The van der Waals surface area contributed by atoms with Crippen molar-refractivity contribution in [2.45, 2.75) is 290 Å². The summed E-state index contributed by atoms with van der Waals surface area (Å²) in [6.45, 7) is 6.58. The minimum Gasteiger partial charge on any atom is -0.462 e. The van der Waals surface area contributed by atoms with Crippen LogP contribution in [0.15, 0.2) is 36.5 Å². The highest BCUT2D eigenvalue weighted by Crippen LogP contribution is 2.15. The normalized spacial score (nSPS) is 12.2. The molecule has 362 valence electrons. The van der Waals surface area contributed by atoms with Crippen LogP contribution in [0.25, 0.3) is 0 Å². The van der Waals surface area contributed by atoms with Crippen LogP contribution in [0.5, 0.6) is 0 Å². The molecule has 0 fully saturated rings. The molecule has 0 saturated carbocycles. The lowest BCUT2D eigenvalue weighted by molar-refractivity contribution is -0.167. The van der Waals surface area contributed by atoms with E-state index in [2.05, 4.69) is 57.2 Å². The van der Waals surface area contributed by atoms with Crippen LogP contribution in [0, 0.1) is 0 Å². The van der Waals surface area contributed by atoms with E-state index in [4.69, 9.17) is 14.2 Å². The molecule has 1 unspecified atom stereocenters. The summed E-state index contributed by atoms with van der Waals surface area (Å²) in [4.78, 5) is 37.9. The van der Waals surface area contributed by atoms with Crippen LogP contribution < -0.4 is 0 Å². The van der Waals surface area contributed by atoms with Crippen LogP contribution in [0.2, 0.25) is 0 Å². The Kier molecular flexibility index (Phi) is 49.3. The maximum atomic E-state index is 12.8. The van der Waals surface area contributed by atoms with Gasteiger partial charge in [0.2, 0.25) is 0 Å². The molecular weight excluding hydrogens is 769 g/mol. The van der Waals surface area contributed by atoms with Crippen molar-refractivity contribution in [2.24, 2.45) is 0 Å². The topological polar surface area (TPSA) is 78.9 Å². The highest BCUT2D eigenvalue weighted by molar-refractivity contribution is 5.71. The average molecular weight is 871 g/mol. The SMILES string of the molecule is CCCC/C=C\CCCCCCCC(=O)OCC(COC(=O)CCCCCCCCCCC/C=C\CCCCCCCCCC)OC(=O)CCCCCCC/C=C\CCCCC. The van der Waals surface area contributed by atoms with Gasteiger partial charge in [0.1, 0.15) is 13.2 Å². The Balaban J connectivity index is 4.26. The molecule has 0 heterocycles. The van der Waals surface area contributed by atoms with Gasteiger partial charge in [-0.25, -0.2) is 0 Å². The summed E-state index contributed by atoms with van der Waals surface area (Å²) in [5.41, 5.74) is 0. The molecule has 0 aliphatic heterocycles. The number of allylic oxidation sites excluding steroid dienone is 6. The number of unbranched alkanes of at least 4 members (excludes halogenated alkanes) is 32. The summed E-state index contributed by atoms with van der Waals surface area (Å²) in [7, 11) is 0. The van der Waals surface area contributed by atoms with E-state index in [0.29, 0.717) is 19.3 Å². The summed E-state index contributed by atoms with van der Waals surface area (Å²) in [6, 6.07) is 0. The number of carbonyl (C=O) groups excluding carboxylic acids is 3. The van der Waals surface area contributed by atoms with E-state index in [1.165, 1.54) is 167 Å². The van der Waals surface area contributed by atoms with Crippen molar-refractivity contribution in [3.05, 3.63) is 36.5 Å². The van der Waals surface area contributed by atoms with Gasteiger partial charge in [0, 0.05) is 19.3 Å². The number of ether oxygens (including phenoxy) is 3. The van der Waals surface area contributed by atoms with E-state index in [0.717, 1.165) is 77.0 Å². The van der Waals surface area contributed by atoms with Crippen molar-refractivity contribution in [2.75, 3.05) is 13.2 Å². The first-order valence-corrected chi connectivity index (χ1v) is 27.0. The fourth-order valence-corrected chi connectivity index (χ4v) is 7.71. The lowest BCUT2D eigenvalue weighted by atomic mass is 10.1. The van der Waals surface area contributed by atoms with Crippen molar-refractivity contribution in [3.8, 4) is 0 Å². The van der Waals surface area contributed by atoms with Crippen molar-refractivity contribution in [1.82, 2.24) is 0 Å². The molecular formula is C56H102O6. The van der Waals surface area contributed by atoms with Crippen LogP contribution in [0.1, 0.15) is 284 Å². The molecule has 6 heteroatoms. The first kappa shape index (κ1) is 59.6. The van der Waals surface area contributed by atoms with Crippen LogP contribution in [0.4, 0.5) is 0 Å². The first-order chi connectivity index (χ1) is 30.5. The molecule has 1 atom stereocenters. The third-order valence-corrected chi connectivity index (χ3v) is 11.8. The van der Waals surface area contributed by atoms with Gasteiger partial charge in [0.25, 0.3) is 0 Å². The van der Waals surface area contributed by atoms with Crippen molar-refractivity contribution >= 4 is 17.9 Å². The zero-order chi connectivity index (χ0) is 45.1. The van der Waals surface area contributed by atoms with E-state index >= 15 is 0 Å². The van der Waals surface area contributed by atoms with Gasteiger partial charge in [-0.2, -0.15) is 0 Å². The second-order valence-electron chi connectivity index (χ2n) is 18.1. The van der Waals surface area contributed by atoms with Crippen LogP contribution >= 0.6 is 0 Å². The predicted octanol–water partition coefficient (Wildman–Crippen LogP) is 17.7. The van der Waals surface area contributed by atoms with E-state index in [9.17, 15) is 14.4 Å². The van der Waals surface area contributed by atoms with Gasteiger partial charge in [0.15, 0.2) is 6.10 Å². The number of esters is 3. The number of rotatable bonds is 49. The van der Waals surface area contributed by atoms with Gasteiger partial charge < -0.3 is 14.2 Å². The predicted molar refractivity (Wildman–Crippen MR) is 266 cm³/mol. The third-order valence-electron chi connectivity index (χ3n) is 11.8. The maximum absolute atomic E-state index is 12.8. The molecule has 0 aliphatic rings. The Labute approximate surface area is 385 Å². The average Bonchev–Trinajstić information content (AvgIpc) is 3.27. The fraction of sp³-hybridized carbons (Fsp3) is 0.839. The maximum Gasteiger partial charge on any atom is 0.306 e. The van der Waals surface area contributed by atoms with E-state index < -0.39 is 6.10 Å². The lowest BCUT2D eigenvalue weighted by Crippen LogP contribution is -2.30. The van der Waals surface area contributed by atoms with Gasteiger partial charge in [-0.1, -0.05) is 211 Å². The standard InChI is InChI=1S/C56H102O6/c1-4-7-10-13-16-19-22-24-25-26-27-28-29-30-31-32-35-37-40-43-46-49-55(58)61-52-53(51-60-54(57)48-45-42-39-36-33-21-18-15-12-9-6-3)62-56(59)50-47-44-41-38-34-23-20-17-14-11-8-5-2/h15,17-18,20,26-27,53H,4-14,16,19,21-25,28-52H2,1-3H3/b18-15-,20-17-,27-26-. The molecule has 62 heavy (non-hydrogen) atoms. The molecule has 0 amide bonds. The second-order valence-corrected chi connectivity index (χ2v) is 18.1. The largest absolute Gasteiger partial charge is 0.462 e. The quantitative estimate of drug-likeness (QED) is 0.0262. The second kappa shape index (κ2) is 51.3. The van der Waals surface area contributed by atoms with Gasteiger partial charge >= 0.3 is 17.9 Å². The van der Waals surface area contributed by atoms with Gasteiger partial charge in [-0.15, -0.1) is 0 Å². The Morgan fingerprint density at radius 1 is 0.306 bits per heavy atom. The van der Waals surface area contributed by atoms with Gasteiger partial charge in [-0.05, 0) is 89.9 Å². The fourth-order valence-electron chi connectivity index (χ4n) is 7.71. The molecule has 6 nitrogen and oxygen atoms in total. The van der Waals surface area contributed by atoms with Gasteiger partial charge in [0.05, 0.1) is 0 Å². The monoisotopic (exact) mass is 871 g/mol. The molecule has 0 aromatic carbocycles. The summed E-state index contributed by atoms with van der Waals surface area (Å²) >= 11 is 0. The summed E-state index contributed by atoms with van der Waals surface area (Å²) < 4.78 is 16.8. The Morgan fingerprint density at radius 2 is 0.548 bits per heavy atom. The third kappa shape index (κ3) is 48.7. The molecule has 0 N–H and O–H groups in total. The van der Waals surface area contributed by atoms with Crippen LogP contribution in [-0.2, 0) is 28.6 Å². The molecule has 0 aliphatic carbocycles. The number of carbonyl (C=O) groups is 3. The highest BCUT2D eigenvalue weighted by Gasteiger charge is 2.19. The molecule has 0 saturated heterocycles. The Morgan fingerprint density at radius 3 is 0.887 bits per heavy atom. The van der Waals surface area contributed by atoms with E-state index in [-0.39, 0.29) is 31.1 Å². The number of hydrogen-bond acceptors (Lipinski definition) is 6. The zero-order valence-corrected chi connectivity index (χ0v) is 41.4. The highest BCUT2D eigenvalue weighted by atomic mass is 16.6. The smallest absolute Gasteiger partial charge is 0.306 e. The van der Waals surface area contributed by atoms with Crippen molar-refractivity contribution in [3.63, 3.8) is 0 Å². The minimum absolute atomic E-state index is 0.0776. The summed E-state index contributed by atoms with van der Waals surface area (Å²) in [6.07, 6.45) is 59.9. The molecule has 0 rings (SSSR count). The van der Waals surface area contributed by atoms with E-state index in [1.807, 2.05) is 0 Å². The first-order valence-electron chi connectivity index (χ1n) is 27.0. The molecule has 0 aromatic heterocycles. The van der Waals surface area contributed by atoms with E-state index in [1.54, 1.807) is 0 Å². The van der Waals surface area contributed by atoms with Crippen molar-refractivity contribution < 1.29 is 28.6 Å². The Hall–Kier alpha value is -2.37. The molecule has 0 radical (unpaired) electrons. The molecule has 0 spiro atoms. The molecule has 0 bridgehead atoms. The van der Waals surface area contributed by atoms with Crippen LogP contribution in [-0.4, -0.2) is 37.2 Å². The Bertz CT molecular complexity index is 1050. The van der Waals surface area contributed by atoms with Crippen LogP contribution in [0.3, 0.4) is 0 Å². The summed E-state index contributed by atoms with van der Waals surface area (Å²) in [5, 5.41) is 0.